The van der Waals surface area contributed by atoms with Gasteiger partial charge in [0.2, 0.25) is 11.8 Å². The fraction of sp³-hybridized carbons (Fsp3) is 0.158. The summed E-state index contributed by atoms with van der Waals surface area (Å²) in [5, 5.41) is 5.65. The maximum atomic E-state index is 12.1. The third-order valence-corrected chi connectivity index (χ3v) is 4.43. The van der Waals surface area contributed by atoms with E-state index in [2.05, 4.69) is 21.5 Å². The second-order valence-electron chi connectivity index (χ2n) is 5.86. The molecule has 4 N–H and O–H groups in total. The third kappa shape index (κ3) is 7.51. The lowest BCUT2D eigenvalue weighted by Crippen LogP contribution is -2.48. The Morgan fingerprint density at radius 2 is 1.63 bits per heavy atom. The second-order valence-corrected chi connectivity index (χ2v) is 7.11. The third-order valence-electron chi connectivity index (χ3n) is 3.68. The van der Waals surface area contributed by atoms with E-state index in [4.69, 9.17) is 40.2 Å². The van der Waals surface area contributed by atoms with Crippen LogP contribution in [0.15, 0.2) is 42.5 Å². The van der Waals surface area contributed by atoms with Crippen LogP contribution in [0, 0.1) is 0 Å². The average Bonchev–Trinajstić information content (AvgIpc) is 2.72. The molecule has 3 amide bonds. The fourth-order valence-electron chi connectivity index (χ4n) is 2.17. The van der Waals surface area contributed by atoms with E-state index in [1.54, 1.807) is 36.4 Å². The summed E-state index contributed by atoms with van der Waals surface area (Å²) >= 11 is 16.7. The monoisotopic (exact) mass is 468 g/mol. The first-order valence-corrected chi connectivity index (χ1v) is 9.74. The van der Waals surface area contributed by atoms with Crippen LogP contribution in [-0.2, 0) is 9.59 Å². The number of thiocarbonyl (C=S) groups is 1. The highest BCUT2D eigenvalue weighted by Gasteiger charge is 2.11. The highest BCUT2D eigenvalue weighted by Crippen LogP contribution is 2.25. The van der Waals surface area contributed by atoms with Crippen LogP contribution in [0.2, 0.25) is 10.0 Å². The SMILES string of the molecule is COc1ccc(C(=O)NC(=S)NNC(=O)CCC(=O)Nc2ccc(Cl)cc2Cl)cc1. The molecule has 2 aromatic carbocycles. The van der Waals surface area contributed by atoms with Crippen LogP contribution in [0.3, 0.4) is 0 Å². The van der Waals surface area contributed by atoms with Gasteiger partial charge in [-0.15, -0.1) is 0 Å². The molecule has 0 fully saturated rings. The fourth-order valence-corrected chi connectivity index (χ4v) is 2.77. The number of methoxy groups -OCH3 is 1. The lowest BCUT2D eigenvalue weighted by atomic mass is 10.2. The van der Waals surface area contributed by atoms with Gasteiger partial charge in [0.15, 0.2) is 5.11 Å². The molecular weight excluding hydrogens is 451 g/mol. The molecule has 8 nitrogen and oxygen atoms in total. The van der Waals surface area contributed by atoms with Crippen molar-refractivity contribution in [2.24, 2.45) is 0 Å². The number of ether oxygens (including phenoxy) is 1. The summed E-state index contributed by atoms with van der Waals surface area (Å²) in [6, 6.07) is 11.1. The van der Waals surface area contributed by atoms with Crippen LogP contribution < -0.4 is 26.2 Å². The quantitative estimate of drug-likeness (QED) is 0.383. The molecule has 2 rings (SSSR count). The van der Waals surface area contributed by atoms with Gasteiger partial charge in [0, 0.05) is 23.4 Å². The summed E-state index contributed by atoms with van der Waals surface area (Å²) in [5.41, 5.74) is 5.47. The summed E-state index contributed by atoms with van der Waals surface area (Å²) in [5.74, 6) is -0.733. The zero-order valence-corrected chi connectivity index (χ0v) is 18.1. The van der Waals surface area contributed by atoms with E-state index in [1.165, 1.54) is 13.2 Å². The standard InChI is InChI=1S/C19H18Cl2N4O4S/c1-29-13-5-2-11(3-6-13)18(28)23-19(30)25-24-17(27)9-8-16(26)22-15-7-4-12(20)10-14(15)21/h2-7,10H,8-9H2,1H3,(H,22,26)(H,24,27)(H2,23,25,28,30). The number of carbonyl (C=O) groups excluding carboxylic acids is 3. The lowest BCUT2D eigenvalue weighted by Gasteiger charge is -2.11. The Balaban J connectivity index is 1.71. The number of halogens is 2. The van der Waals surface area contributed by atoms with E-state index in [1.807, 2.05) is 0 Å². The van der Waals surface area contributed by atoms with Crippen molar-refractivity contribution in [3.8, 4) is 5.75 Å². The van der Waals surface area contributed by atoms with Gasteiger partial charge < -0.3 is 10.1 Å². The van der Waals surface area contributed by atoms with Crippen LogP contribution in [0.5, 0.6) is 5.75 Å². The molecule has 0 saturated heterocycles. The van der Waals surface area contributed by atoms with E-state index in [0.29, 0.717) is 27.0 Å². The lowest BCUT2D eigenvalue weighted by molar-refractivity contribution is -0.124. The number of amides is 3. The first-order chi connectivity index (χ1) is 14.3. The van der Waals surface area contributed by atoms with Crippen LogP contribution in [0.25, 0.3) is 0 Å². The van der Waals surface area contributed by atoms with Crippen LogP contribution in [0.1, 0.15) is 23.2 Å². The number of anilines is 1. The molecule has 0 saturated carbocycles. The van der Waals surface area contributed by atoms with Crippen molar-refractivity contribution < 1.29 is 19.1 Å². The molecule has 0 aliphatic carbocycles. The Morgan fingerprint density at radius 3 is 2.27 bits per heavy atom. The predicted molar refractivity (Wildman–Crippen MR) is 119 cm³/mol. The van der Waals surface area contributed by atoms with Gasteiger partial charge in [-0.05, 0) is 54.7 Å². The molecule has 0 unspecified atom stereocenters. The molecule has 2 aromatic rings. The van der Waals surface area contributed by atoms with Crippen molar-refractivity contribution >= 4 is 63.9 Å². The van der Waals surface area contributed by atoms with Crippen LogP contribution >= 0.6 is 35.4 Å². The Bertz CT molecular complexity index is 954. The second kappa shape index (κ2) is 11.3. The molecular formula is C19H18Cl2N4O4S. The maximum Gasteiger partial charge on any atom is 0.257 e. The first kappa shape index (κ1) is 23.4. The zero-order valence-electron chi connectivity index (χ0n) is 15.8. The van der Waals surface area contributed by atoms with E-state index in [-0.39, 0.29) is 18.0 Å². The van der Waals surface area contributed by atoms with Crippen molar-refractivity contribution in [2.45, 2.75) is 12.8 Å². The highest BCUT2D eigenvalue weighted by molar-refractivity contribution is 7.80. The van der Waals surface area contributed by atoms with E-state index in [0.717, 1.165) is 0 Å². The molecule has 30 heavy (non-hydrogen) atoms. The van der Waals surface area contributed by atoms with Gasteiger partial charge in [0.1, 0.15) is 5.75 Å². The van der Waals surface area contributed by atoms with E-state index < -0.39 is 17.7 Å². The van der Waals surface area contributed by atoms with Gasteiger partial charge in [0.05, 0.1) is 17.8 Å². The molecule has 11 heteroatoms. The van der Waals surface area contributed by atoms with Crippen molar-refractivity contribution in [1.82, 2.24) is 16.2 Å². The Hall–Kier alpha value is -2.88. The molecule has 0 aliphatic rings. The Labute approximate surface area is 188 Å². The van der Waals surface area contributed by atoms with E-state index >= 15 is 0 Å². The van der Waals surface area contributed by atoms with Gasteiger partial charge in [-0.2, -0.15) is 0 Å². The molecule has 0 aromatic heterocycles. The number of nitrogens with one attached hydrogen (secondary N) is 4. The number of hydrogen-bond acceptors (Lipinski definition) is 5. The number of hydrazine groups is 1. The molecule has 0 heterocycles. The number of benzene rings is 2. The summed E-state index contributed by atoms with van der Waals surface area (Å²) in [4.78, 5) is 35.9. The van der Waals surface area contributed by atoms with Gasteiger partial charge in [-0.25, -0.2) is 0 Å². The molecule has 0 aliphatic heterocycles. The maximum absolute atomic E-state index is 12.1. The van der Waals surface area contributed by atoms with Gasteiger partial charge >= 0.3 is 0 Å². The van der Waals surface area contributed by atoms with E-state index in [9.17, 15) is 14.4 Å². The molecule has 0 radical (unpaired) electrons. The summed E-state index contributed by atoms with van der Waals surface area (Å²) in [6.45, 7) is 0. The highest BCUT2D eigenvalue weighted by atomic mass is 35.5. The molecule has 158 valence electrons. The number of carbonyl (C=O) groups is 3. The van der Waals surface area contributed by atoms with Crippen molar-refractivity contribution in [3.05, 3.63) is 58.1 Å². The van der Waals surface area contributed by atoms with Crippen molar-refractivity contribution in [1.29, 1.82) is 0 Å². The largest absolute Gasteiger partial charge is 0.497 e. The normalized spacial score (nSPS) is 9.97. The number of rotatable bonds is 6. The molecule has 0 spiro atoms. The van der Waals surface area contributed by atoms with Crippen LogP contribution in [0.4, 0.5) is 5.69 Å². The summed E-state index contributed by atoms with van der Waals surface area (Å²) in [7, 11) is 1.52. The van der Waals surface area contributed by atoms with Crippen LogP contribution in [-0.4, -0.2) is 29.9 Å². The summed E-state index contributed by atoms with van der Waals surface area (Å²) < 4.78 is 5.02. The van der Waals surface area contributed by atoms with Crippen molar-refractivity contribution in [2.75, 3.05) is 12.4 Å². The first-order valence-electron chi connectivity index (χ1n) is 8.57. The topological polar surface area (TPSA) is 109 Å². The van der Waals surface area contributed by atoms with Gasteiger partial charge in [0.25, 0.3) is 5.91 Å². The average molecular weight is 469 g/mol. The van der Waals surface area contributed by atoms with Gasteiger partial charge in [-0.3, -0.25) is 30.6 Å². The minimum absolute atomic E-state index is 0.0859. The molecule has 0 bridgehead atoms. The van der Waals surface area contributed by atoms with Gasteiger partial charge in [-0.1, -0.05) is 23.2 Å². The van der Waals surface area contributed by atoms with Crippen molar-refractivity contribution in [3.63, 3.8) is 0 Å². The smallest absolute Gasteiger partial charge is 0.257 e. The Kier molecular flexibility index (Phi) is 8.85. The zero-order chi connectivity index (χ0) is 22.1. The minimum Gasteiger partial charge on any atom is -0.497 e. The molecule has 0 atom stereocenters. The number of hydrogen-bond donors (Lipinski definition) is 4. The Morgan fingerprint density at radius 1 is 0.967 bits per heavy atom. The minimum atomic E-state index is -0.492. The predicted octanol–water partition coefficient (Wildman–Crippen LogP) is 3.06. The summed E-state index contributed by atoms with van der Waals surface area (Å²) in [6.07, 6.45) is -0.198.